The summed E-state index contributed by atoms with van der Waals surface area (Å²) in [6.07, 6.45) is -3.94. The Balaban J connectivity index is 2.34. The fourth-order valence-electron chi connectivity index (χ4n) is 2.23. The SMILES string of the molecule is Cc1oc(C(=O)N(C)C2(C(F)(F)F)CC2)cc1S(C)(=O)=O. The van der Waals surface area contributed by atoms with Crippen molar-refractivity contribution in [3.63, 3.8) is 0 Å². The Morgan fingerprint density at radius 1 is 1.38 bits per heavy atom. The fourth-order valence-corrected chi connectivity index (χ4v) is 3.11. The van der Waals surface area contributed by atoms with Gasteiger partial charge >= 0.3 is 6.18 Å². The summed E-state index contributed by atoms with van der Waals surface area (Å²) in [5.74, 6) is -1.42. The van der Waals surface area contributed by atoms with E-state index in [-0.39, 0.29) is 23.5 Å². The predicted molar refractivity (Wildman–Crippen MR) is 66.7 cm³/mol. The van der Waals surface area contributed by atoms with Crippen molar-refractivity contribution in [1.29, 1.82) is 0 Å². The summed E-state index contributed by atoms with van der Waals surface area (Å²) in [5.41, 5.74) is -2.17. The van der Waals surface area contributed by atoms with Gasteiger partial charge in [0.25, 0.3) is 5.91 Å². The highest BCUT2D eigenvalue weighted by molar-refractivity contribution is 7.90. The first kappa shape index (κ1) is 15.9. The number of sulfone groups is 1. The van der Waals surface area contributed by atoms with Crippen LogP contribution in [-0.2, 0) is 9.84 Å². The van der Waals surface area contributed by atoms with Crippen LogP contribution in [0.25, 0.3) is 0 Å². The van der Waals surface area contributed by atoms with Crippen molar-refractivity contribution in [2.45, 2.75) is 36.4 Å². The molecule has 1 heterocycles. The number of hydrogen-bond acceptors (Lipinski definition) is 4. The monoisotopic (exact) mass is 325 g/mol. The lowest BCUT2D eigenvalue weighted by Gasteiger charge is -2.29. The average molecular weight is 325 g/mol. The number of halogens is 3. The second-order valence-corrected chi connectivity index (χ2v) is 7.18. The molecule has 0 aliphatic heterocycles. The van der Waals surface area contributed by atoms with E-state index in [4.69, 9.17) is 4.42 Å². The lowest BCUT2D eigenvalue weighted by atomic mass is 10.2. The largest absolute Gasteiger partial charge is 0.455 e. The highest BCUT2D eigenvalue weighted by atomic mass is 32.2. The molecule has 1 aliphatic carbocycles. The van der Waals surface area contributed by atoms with Crippen molar-refractivity contribution in [2.24, 2.45) is 0 Å². The topological polar surface area (TPSA) is 67.6 Å². The van der Waals surface area contributed by atoms with Crippen LogP contribution in [0.15, 0.2) is 15.4 Å². The number of nitrogens with zero attached hydrogens (tertiary/aromatic N) is 1. The van der Waals surface area contributed by atoms with E-state index in [0.29, 0.717) is 4.90 Å². The van der Waals surface area contributed by atoms with Crippen LogP contribution in [-0.4, -0.2) is 44.2 Å². The summed E-state index contributed by atoms with van der Waals surface area (Å²) in [5, 5.41) is 0. The van der Waals surface area contributed by atoms with Crippen molar-refractivity contribution in [1.82, 2.24) is 4.90 Å². The minimum Gasteiger partial charge on any atom is -0.455 e. The third-order valence-electron chi connectivity index (χ3n) is 3.68. The minimum absolute atomic E-state index is 0.0221. The molecule has 0 bridgehead atoms. The Kier molecular flexibility index (Phi) is 3.39. The lowest BCUT2D eigenvalue weighted by Crippen LogP contribution is -2.48. The number of furan rings is 1. The van der Waals surface area contributed by atoms with Gasteiger partial charge in [-0.15, -0.1) is 0 Å². The van der Waals surface area contributed by atoms with E-state index in [1.807, 2.05) is 0 Å². The summed E-state index contributed by atoms with van der Waals surface area (Å²) < 4.78 is 66.9. The van der Waals surface area contributed by atoms with Gasteiger partial charge in [0.05, 0.1) is 0 Å². The van der Waals surface area contributed by atoms with Gasteiger partial charge in [0.2, 0.25) is 0 Å². The van der Waals surface area contributed by atoms with Crippen LogP contribution in [0.4, 0.5) is 13.2 Å². The van der Waals surface area contributed by atoms with Crippen LogP contribution >= 0.6 is 0 Å². The Morgan fingerprint density at radius 3 is 2.24 bits per heavy atom. The van der Waals surface area contributed by atoms with Gasteiger partial charge in [-0.25, -0.2) is 8.42 Å². The minimum atomic E-state index is -4.53. The molecule has 0 unspecified atom stereocenters. The second kappa shape index (κ2) is 4.49. The van der Waals surface area contributed by atoms with E-state index in [1.165, 1.54) is 6.92 Å². The molecule has 1 aliphatic rings. The van der Waals surface area contributed by atoms with Crippen molar-refractivity contribution < 1.29 is 30.8 Å². The quantitative estimate of drug-likeness (QED) is 0.854. The molecule has 0 radical (unpaired) electrons. The maximum atomic E-state index is 13.0. The van der Waals surface area contributed by atoms with E-state index >= 15 is 0 Å². The smallest absolute Gasteiger partial charge is 0.411 e. The summed E-state index contributed by atoms with van der Waals surface area (Å²) in [6, 6.07) is 0.968. The zero-order valence-corrected chi connectivity index (χ0v) is 12.4. The molecule has 1 saturated carbocycles. The van der Waals surface area contributed by atoms with Gasteiger partial charge in [-0.1, -0.05) is 0 Å². The standard InChI is InChI=1S/C12H14F3NO4S/c1-7-9(21(3,18)19)6-8(20-7)10(17)16(2)11(4-5-11)12(13,14)15/h6H,4-5H2,1-3H3. The Hall–Kier alpha value is -1.51. The number of hydrogen-bond donors (Lipinski definition) is 0. The molecule has 0 atom stereocenters. The van der Waals surface area contributed by atoms with E-state index in [1.54, 1.807) is 0 Å². The molecule has 0 spiro atoms. The molecular weight excluding hydrogens is 311 g/mol. The molecule has 21 heavy (non-hydrogen) atoms. The highest BCUT2D eigenvalue weighted by Crippen LogP contribution is 2.53. The van der Waals surface area contributed by atoms with Gasteiger partial charge in [-0.3, -0.25) is 4.79 Å². The van der Waals surface area contributed by atoms with E-state index in [9.17, 15) is 26.4 Å². The van der Waals surface area contributed by atoms with Crippen molar-refractivity contribution in [2.75, 3.05) is 13.3 Å². The molecule has 5 nitrogen and oxygen atoms in total. The molecular formula is C12H14F3NO4S. The molecule has 1 amide bonds. The molecule has 9 heteroatoms. The molecule has 118 valence electrons. The first-order valence-electron chi connectivity index (χ1n) is 6.05. The number of aryl methyl sites for hydroxylation is 1. The number of carbonyl (C=O) groups excluding carboxylic acids is 1. The van der Waals surface area contributed by atoms with Crippen LogP contribution in [0, 0.1) is 6.92 Å². The van der Waals surface area contributed by atoms with Crippen LogP contribution in [0.2, 0.25) is 0 Å². The van der Waals surface area contributed by atoms with Crippen molar-refractivity contribution in [3.8, 4) is 0 Å². The van der Waals surface area contributed by atoms with E-state index < -0.39 is 33.2 Å². The molecule has 2 rings (SSSR count). The van der Waals surface area contributed by atoms with Gasteiger partial charge < -0.3 is 9.32 Å². The van der Waals surface area contributed by atoms with E-state index in [2.05, 4.69) is 0 Å². The van der Waals surface area contributed by atoms with Gasteiger partial charge in [-0.05, 0) is 19.8 Å². The van der Waals surface area contributed by atoms with Crippen LogP contribution in [0.1, 0.15) is 29.2 Å². The first-order chi connectivity index (χ1) is 9.40. The summed E-state index contributed by atoms with van der Waals surface area (Å²) in [7, 11) is -2.56. The first-order valence-corrected chi connectivity index (χ1v) is 7.95. The summed E-state index contributed by atoms with van der Waals surface area (Å²) in [4.78, 5) is 12.5. The van der Waals surface area contributed by atoms with Crippen LogP contribution in [0.3, 0.4) is 0 Å². The number of alkyl halides is 3. The highest BCUT2D eigenvalue weighted by Gasteiger charge is 2.67. The third kappa shape index (κ3) is 2.54. The molecule has 1 aromatic rings. The third-order valence-corrected chi connectivity index (χ3v) is 4.88. The number of amides is 1. The zero-order chi connectivity index (χ0) is 16.2. The molecule has 0 saturated heterocycles. The van der Waals surface area contributed by atoms with Gasteiger partial charge in [0.15, 0.2) is 15.6 Å². The maximum absolute atomic E-state index is 13.0. The summed E-state index contributed by atoms with van der Waals surface area (Å²) in [6.45, 7) is 1.34. The molecule has 1 aromatic heterocycles. The normalized spacial score (nSPS) is 17.6. The molecule has 1 fully saturated rings. The Labute approximate surface area is 119 Å². The Bertz CT molecular complexity index is 686. The number of rotatable bonds is 3. The lowest BCUT2D eigenvalue weighted by molar-refractivity contribution is -0.185. The molecule has 0 aromatic carbocycles. The van der Waals surface area contributed by atoms with Gasteiger partial charge in [-0.2, -0.15) is 13.2 Å². The summed E-state index contributed by atoms with van der Waals surface area (Å²) >= 11 is 0. The van der Waals surface area contributed by atoms with Gasteiger partial charge in [0, 0.05) is 19.4 Å². The van der Waals surface area contributed by atoms with Crippen molar-refractivity contribution in [3.05, 3.63) is 17.6 Å². The van der Waals surface area contributed by atoms with Gasteiger partial charge in [0.1, 0.15) is 16.2 Å². The average Bonchev–Trinajstić information content (AvgIpc) is 3.04. The zero-order valence-electron chi connectivity index (χ0n) is 11.6. The predicted octanol–water partition coefficient (Wildman–Crippen LogP) is 2.16. The van der Waals surface area contributed by atoms with E-state index in [0.717, 1.165) is 19.4 Å². The molecule has 0 N–H and O–H groups in total. The van der Waals surface area contributed by atoms with Crippen LogP contribution < -0.4 is 0 Å². The maximum Gasteiger partial charge on any atom is 0.411 e. The second-order valence-electron chi connectivity index (χ2n) is 5.20. The van der Waals surface area contributed by atoms with Crippen molar-refractivity contribution >= 4 is 15.7 Å². The number of carbonyl (C=O) groups is 1. The fraction of sp³-hybridized carbons (Fsp3) is 0.583. The van der Waals surface area contributed by atoms with Crippen LogP contribution in [0.5, 0.6) is 0 Å². The Morgan fingerprint density at radius 2 is 1.90 bits per heavy atom.